The quantitative estimate of drug-likeness (QED) is 0.662. The second-order valence-electron chi connectivity index (χ2n) is 3.21. The SMILES string of the molecule is C=C(Cl)CNS(=O)(=O)c1cc([N+](=O)[O-])ccc1F. The van der Waals surface area contributed by atoms with E-state index >= 15 is 0 Å². The van der Waals surface area contributed by atoms with Crippen LogP contribution >= 0.6 is 11.6 Å². The third-order valence-corrected chi connectivity index (χ3v) is 3.42. The predicted octanol–water partition coefficient (Wildman–Crippen LogP) is 1.76. The van der Waals surface area contributed by atoms with Crippen LogP contribution in [0.4, 0.5) is 10.1 Å². The van der Waals surface area contributed by atoms with Crippen LogP contribution in [0.3, 0.4) is 0 Å². The van der Waals surface area contributed by atoms with Crippen molar-refractivity contribution in [3.8, 4) is 0 Å². The monoisotopic (exact) mass is 294 g/mol. The molecule has 0 unspecified atom stereocenters. The number of nitrogens with one attached hydrogen (secondary N) is 1. The standard InChI is InChI=1S/C9H8ClFN2O4S/c1-6(10)5-12-18(16,17)9-4-7(13(14)15)2-3-8(9)11/h2-4,12H,1,5H2. The number of hydrogen-bond acceptors (Lipinski definition) is 4. The number of nitrogens with zero attached hydrogens (tertiary/aromatic N) is 1. The van der Waals surface area contributed by atoms with Gasteiger partial charge in [0, 0.05) is 23.7 Å². The number of halogens is 2. The van der Waals surface area contributed by atoms with Gasteiger partial charge in [0.05, 0.1) is 4.92 Å². The van der Waals surface area contributed by atoms with Gasteiger partial charge in [-0.15, -0.1) is 0 Å². The number of nitro groups is 1. The van der Waals surface area contributed by atoms with Gasteiger partial charge in [0.2, 0.25) is 10.0 Å². The van der Waals surface area contributed by atoms with Crippen LogP contribution in [0, 0.1) is 15.9 Å². The second-order valence-corrected chi connectivity index (χ2v) is 5.48. The highest BCUT2D eigenvalue weighted by molar-refractivity contribution is 7.89. The van der Waals surface area contributed by atoms with Crippen molar-refractivity contribution in [2.45, 2.75) is 4.90 Å². The summed E-state index contributed by atoms with van der Waals surface area (Å²) in [7, 11) is -4.22. The molecule has 0 bridgehead atoms. The maximum atomic E-state index is 13.4. The molecule has 0 heterocycles. The van der Waals surface area contributed by atoms with Crippen LogP contribution < -0.4 is 4.72 Å². The van der Waals surface area contributed by atoms with Crippen LogP contribution in [0.5, 0.6) is 0 Å². The molecule has 9 heteroatoms. The Hall–Kier alpha value is -1.51. The average Bonchev–Trinajstić information content (AvgIpc) is 2.26. The maximum absolute atomic E-state index is 13.4. The summed E-state index contributed by atoms with van der Waals surface area (Å²) in [6.07, 6.45) is 0. The summed E-state index contributed by atoms with van der Waals surface area (Å²) in [5.41, 5.74) is -0.526. The lowest BCUT2D eigenvalue weighted by Gasteiger charge is -2.06. The van der Waals surface area contributed by atoms with Gasteiger partial charge in [0.15, 0.2) is 0 Å². The number of rotatable bonds is 5. The molecule has 1 N–H and O–H groups in total. The smallest absolute Gasteiger partial charge is 0.258 e. The van der Waals surface area contributed by atoms with E-state index in [1.54, 1.807) is 0 Å². The third-order valence-electron chi connectivity index (χ3n) is 1.87. The molecular formula is C9H8ClFN2O4S. The fourth-order valence-corrected chi connectivity index (χ4v) is 2.33. The van der Waals surface area contributed by atoms with E-state index in [9.17, 15) is 22.9 Å². The summed E-state index contributed by atoms with van der Waals surface area (Å²) in [5.74, 6) is -1.09. The molecule has 6 nitrogen and oxygen atoms in total. The van der Waals surface area contributed by atoms with E-state index in [2.05, 4.69) is 6.58 Å². The molecule has 1 rings (SSSR count). The Morgan fingerprint density at radius 1 is 1.56 bits per heavy atom. The molecule has 0 spiro atoms. The summed E-state index contributed by atoms with van der Waals surface area (Å²) in [6, 6.07) is 2.21. The topological polar surface area (TPSA) is 89.3 Å². The fourth-order valence-electron chi connectivity index (χ4n) is 1.06. The molecule has 98 valence electrons. The largest absolute Gasteiger partial charge is 0.270 e. The normalized spacial score (nSPS) is 11.2. The number of hydrogen-bond donors (Lipinski definition) is 1. The predicted molar refractivity (Wildman–Crippen MR) is 63.2 cm³/mol. The fraction of sp³-hybridized carbons (Fsp3) is 0.111. The van der Waals surface area contributed by atoms with Gasteiger partial charge in [-0.2, -0.15) is 0 Å². The highest BCUT2D eigenvalue weighted by atomic mass is 35.5. The summed E-state index contributed by atoms with van der Waals surface area (Å²) in [6.45, 7) is 2.96. The first kappa shape index (κ1) is 14.6. The van der Waals surface area contributed by atoms with Gasteiger partial charge in [-0.1, -0.05) is 18.2 Å². The lowest BCUT2D eigenvalue weighted by molar-refractivity contribution is -0.385. The van der Waals surface area contributed by atoms with Crippen molar-refractivity contribution in [1.82, 2.24) is 4.72 Å². The van der Waals surface area contributed by atoms with E-state index in [4.69, 9.17) is 11.6 Å². The van der Waals surface area contributed by atoms with Gasteiger partial charge >= 0.3 is 0 Å². The molecule has 0 aliphatic carbocycles. The van der Waals surface area contributed by atoms with Crippen LogP contribution in [0.15, 0.2) is 34.7 Å². The molecule has 0 aromatic heterocycles. The first-order chi connectivity index (χ1) is 8.24. The van der Waals surface area contributed by atoms with Crippen LogP contribution in [0.1, 0.15) is 0 Å². The zero-order valence-corrected chi connectivity index (χ0v) is 10.5. The molecule has 0 aliphatic heterocycles. The molecule has 0 saturated carbocycles. The minimum atomic E-state index is -4.22. The van der Waals surface area contributed by atoms with Crippen molar-refractivity contribution in [3.63, 3.8) is 0 Å². The first-order valence-electron chi connectivity index (χ1n) is 4.51. The Labute approximate surface area is 107 Å². The van der Waals surface area contributed by atoms with E-state index < -0.39 is 31.3 Å². The summed E-state index contributed by atoms with van der Waals surface area (Å²) in [5, 5.41) is 10.5. The molecule has 1 aromatic rings. The van der Waals surface area contributed by atoms with E-state index in [0.717, 1.165) is 6.07 Å². The molecule has 0 radical (unpaired) electrons. The minimum Gasteiger partial charge on any atom is -0.258 e. The number of nitro benzene ring substituents is 1. The van der Waals surface area contributed by atoms with Crippen LogP contribution in [0.2, 0.25) is 0 Å². The molecule has 0 atom stereocenters. The lowest BCUT2D eigenvalue weighted by Crippen LogP contribution is -2.25. The van der Waals surface area contributed by atoms with Crippen molar-refractivity contribution >= 4 is 27.3 Å². The van der Waals surface area contributed by atoms with E-state index in [-0.39, 0.29) is 11.6 Å². The molecule has 0 fully saturated rings. The van der Waals surface area contributed by atoms with E-state index in [0.29, 0.717) is 12.1 Å². The van der Waals surface area contributed by atoms with E-state index in [1.165, 1.54) is 0 Å². The number of benzene rings is 1. The molecule has 0 aliphatic rings. The highest BCUT2D eigenvalue weighted by Gasteiger charge is 2.22. The Bertz CT molecular complexity index is 603. The molecular weight excluding hydrogens is 287 g/mol. The van der Waals surface area contributed by atoms with Crippen LogP contribution in [-0.2, 0) is 10.0 Å². The molecule has 1 aromatic carbocycles. The Kier molecular flexibility index (Phi) is 4.38. The van der Waals surface area contributed by atoms with Crippen molar-refractivity contribution in [2.75, 3.05) is 6.54 Å². The van der Waals surface area contributed by atoms with Gasteiger partial charge in [-0.25, -0.2) is 17.5 Å². The van der Waals surface area contributed by atoms with Crippen molar-refractivity contribution in [3.05, 3.63) is 45.7 Å². The number of non-ortho nitro benzene ring substituents is 1. The summed E-state index contributed by atoms with van der Waals surface area (Å²) < 4.78 is 38.6. The van der Waals surface area contributed by atoms with Crippen molar-refractivity contribution in [1.29, 1.82) is 0 Å². The zero-order valence-electron chi connectivity index (χ0n) is 8.89. The molecule has 0 amide bonds. The lowest BCUT2D eigenvalue weighted by atomic mass is 10.3. The first-order valence-corrected chi connectivity index (χ1v) is 6.37. The maximum Gasteiger partial charge on any atom is 0.270 e. The third kappa shape index (κ3) is 3.49. The van der Waals surface area contributed by atoms with Crippen LogP contribution in [-0.4, -0.2) is 19.9 Å². The molecule has 0 saturated heterocycles. The van der Waals surface area contributed by atoms with Gasteiger partial charge < -0.3 is 0 Å². The Balaban J connectivity index is 3.18. The minimum absolute atomic E-state index is 0.00409. The average molecular weight is 295 g/mol. The van der Waals surface area contributed by atoms with Crippen molar-refractivity contribution < 1.29 is 17.7 Å². The highest BCUT2D eigenvalue weighted by Crippen LogP contribution is 2.21. The Morgan fingerprint density at radius 2 is 2.17 bits per heavy atom. The summed E-state index contributed by atoms with van der Waals surface area (Å²) >= 11 is 5.37. The van der Waals surface area contributed by atoms with Gasteiger partial charge in [-0.05, 0) is 6.07 Å². The van der Waals surface area contributed by atoms with Gasteiger partial charge in [0.25, 0.3) is 5.69 Å². The second kappa shape index (κ2) is 5.42. The zero-order chi connectivity index (χ0) is 13.9. The Morgan fingerprint density at radius 3 is 2.67 bits per heavy atom. The van der Waals surface area contributed by atoms with Gasteiger partial charge in [-0.3, -0.25) is 10.1 Å². The summed E-state index contributed by atoms with van der Waals surface area (Å²) in [4.78, 5) is 8.86. The van der Waals surface area contributed by atoms with Crippen LogP contribution in [0.25, 0.3) is 0 Å². The molecule has 18 heavy (non-hydrogen) atoms. The number of sulfonamides is 1. The van der Waals surface area contributed by atoms with Gasteiger partial charge in [0.1, 0.15) is 10.7 Å². The van der Waals surface area contributed by atoms with Crippen molar-refractivity contribution in [2.24, 2.45) is 0 Å². The van der Waals surface area contributed by atoms with E-state index in [1.807, 2.05) is 4.72 Å².